The number of nitrogens with one attached hydrogen (secondary N) is 1. The van der Waals surface area contributed by atoms with Gasteiger partial charge in [0.2, 0.25) is 15.9 Å². The van der Waals surface area contributed by atoms with Gasteiger partial charge in [0, 0.05) is 44.8 Å². The van der Waals surface area contributed by atoms with Crippen LogP contribution in [-0.4, -0.2) is 63.0 Å². The van der Waals surface area contributed by atoms with Crippen LogP contribution in [0.2, 0.25) is 0 Å². The molecular formula is C22H28N4O4S. The summed E-state index contributed by atoms with van der Waals surface area (Å²) in [7, 11) is -3.54. The molecule has 0 unspecified atom stereocenters. The van der Waals surface area contributed by atoms with Crippen LogP contribution in [0.15, 0.2) is 53.6 Å². The number of sulfonamides is 1. The van der Waals surface area contributed by atoms with E-state index in [1.54, 1.807) is 12.1 Å². The number of anilines is 1. The molecule has 9 heteroatoms. The minimum absolute atomic E-state index is 0.0130. The number of nitrogens with zero attached hydrogens (tertiary/aromatic N) is 3. The van der Waals surface area contributed by atoms with Crippen molar-refractivity contribution in [2.24, 2.45) is 5.92 Å². The standard InChI is InChI=1S/C22H28N4O4S/c27-22(24-16-18-4-2-1-3-5-18)19-8-10-25(11-9-19)21-7-6-20(17-23-21)31(28,29)26-12-14-30-15-13-26/h1-7,17,19H,8-16H2,(H,24,27). The number of benzene rings is 1. The molecule has 0 bridgehead atoms. The highest BCUT2D eigenvalue weighted by atomic mass is 32.2. The van der Waals surface area contributed by atoms with Gasteiger partial charge >= 0.3 is 0 Å². The van der Waals surface area contributed by atoms with E-state index in [0.29, 0.717) is 45.9 Å². The third-order valence-corrected chi connectivity index (χ3v) is 7.71. The van der Waals surface area contributed by atoms with Crippen LogP contribution in [0, 0.1) is 5.92 Å². The van der Waals surface area contributed by atoms with E-state index in [0.717, 1.165) is 24.2 Å². The Bertz CT molecular complexity index is 968. The van der Waals surface area contributed by atoms with Gasteiger partial charge in [0.15, 0.2) is 0 Å². The van der Waals surface area contributed by atoms with Crippen molar-refractivity contribution in [2.45, 2.75) is 24.3 Å². The van der Waals surface area contributed by atoms with Crippen LogP contribution in [0.1, 0.15) is 18.4 Å². The SMILES string of the molecule is O=C(NCc1ccccc1)C1CCN(c2ccc(S(=O)(=O)N3CCOCC3)cn2)CC1. The van der Waals surface area contributed by atoms with Crippen molar-refractivity contribution in [2.75, 3.05) is 44.3 Å². The molecule has 8 nitrogen and oxygen atoms in total. The molecule has 3 heterocycles. The first-order chi connectivity index (χ1) is 15.0. The number of rotatable bonds is 6. The highest BCUT2D eigenvalue weighted by molar-refractivity contribution is 7.89. The molecular weight excluding hydrogens is 416 g/mol. The summed E-state index contributed by atoms with van der Waals surface area (Å²) < 4.78 is 32.1. The first-order valence-electron chi connectivity index (χ1n) is 10.6. The second kappa shape index (κ2) is 9.76. The van der Waals surface area contributed by atoms with E-state index in [1.807, 2.05) is 30.3 Å². The number of amides is 1. The van der Waals surface area contributed by atoms with Crippen molar-refractivity contribution in [1.29, 1.82) is 0 Å². The first-order valence-corrected chi connectivity index (χ1v) is 12.1. The van der Waals surface area contributed by atoms with Crippen molar-refractivity contribution in [3.05, 3.63) is 54.2 Å². The van der Waals surface area contributed by atoms with Crippen molar-refractivity contribution in [3.8, 4) is 0 Å². The van der Waals surface area contributed by atoms with E-state index in [4.69, 9.17) is 4.74 Å². The lowest BCUT2D eigenvalue weighted by Crippen LogP contribution is -2.41. The van der Waals surface area contributed by atoms with Crippen LogP contribution in [0.25, 0.3) is 0 Å². The van der Waals surface area contributed by atoms with E-state index in [9.17, 15) is 13.2 Å². The van der Waals surface area contributed by atoms with Crippen molar-refractivity contribution >= 4 is 21.7 Å². The summed E-state index contributed by atoms with van der Waals surface area (Å²) in [6.07, 6.45) is 2.92. The molecule has 1 aromatic carbocycles. The van der Waals surface area contributed by atoms with Crippen LogP contribution in [-0.2, 0) is 26.1 Å². The Morgan fingerprint density at radius 1 is 1.03 bits per heavy atom. The van der Waals surface area contributed by atoms with E-state index < -0.39 is 10.0 Å². The lowest BCUT2D eigenvalue weighted by molar-refractivity contribution is -0.125. The lowest BCUT2D eigenvalue weighted by Gasteiger charge is -2.32. The average molecular weight is 445 g/mol. The van der Waals surface area contributed by atoms with Gasteiger partial charge in [-0.2, -0.15) is 4.31 Å². The van der Waals surface area contributed by atoms with Crippen LogP contribution in [0.5, 0.6) is 0 Å². The van der Waals surface area contributed by atoms with Gasteiger partial charge in [-0.25, -0.2) is 13.4 Å². The Morgan fingerprint density at radius 3 is 2.39 bits per heavy atom. The van der Waals surface area contributed by atoms with Gasteiger partial charge in [0.05, 0.1) is 13.2 Å². The third-order valence-electron chi connectivity index (χ3n) is 5.83. The molecule has 0 spiro atoms. The number of pyridine rings is 1. The number of carbonyl (C=O) groups is 1. The van der Waals surface area contributed by atoms with Crippen molar-refractivity contribution < 1.29 is 17.9 Å². The van der Waals surface area contributed by atoms with E-state index in [-0.39, 0.29) is 16.7 Å². The van der Waals surface area contributed by atoms with Crippen molar-refractivity contribution in [1.82, 2.24) is 14.6 Å². The second-order valence-corrected chi connectivity index (χ2v) is 9.77. The third kappa shape index (κ3) is 5.23. The lowest BCUT2D eigenvalue weighted by atomic mass is 9.96. The zero-order chi connectivity index (χ0) is 21.7. The van der Waals surface area contributed by atoms with E-state index in [2.05, 4.69) is 15.2 Å². The van der Waals surface area contributed by atoms with Crippen LogP contribution in [0.3, 0.4) is 0 Å². The highest BCUT2D eigenvalue weighted by Gasteiger charge is 2.28. The molecule has 4 rings (SSSR count). The molecule has 0 radical (unpaired) electrons. The van der Waals surface area contributed by atoms with Crippen LogP contribution < -0.4 is 10.2 Å². The predicted molar refractivity (Wildman–Crippen MR) is 117 cm³/mol. The summed E-state index contributed by atoms with van der Waals surface area (Å²) in [5.41, 5.74) is 1.09. The summed E-state index contributed by atoms with van der Waals surface area (Å²) in [6.45, 7) is 3.53. The van der Waals surface area contributed by atoms with Gasteiger partial charge in [-0.05, 0) is 30.5 Å². The van der Waals surface area contributed by atoms with Crippen molar-refractivity contribution in [3.63, 3.8) is 0 Å². The average Bonchev–Trinajstić information content (AvgIpc) is 2.84. The predicted octanol–water partition coefficient (Wildman–Crippen LogP) is 1.64. The summed E-state index contributed by atoms with van der Waals surface area (Å²) in [5.74, 6) is 0.813. The summed E-state index contributed by atoms with van der Waals surface area (Å²) in [5, 5.41) is 3.03. The maximum atomic E-state index is 12.7. The van der Waals surface area contributed by atoms with Gasteiger partial charge < -0.3 is 15.0 Å². The molecule has 0 atom stereocenters. The summed E-state index contributed by atoms with van der Waals surface area (Å²) in [4.78, 5) is 19.2. The fourth-order valence-electron chi connectivity index (χ4n) is 3.95. The number of morpholine rings is 1. The molecule has 2 aromatic rings. The normalized spacial score (nSPS) is 18.6. The fourth-order valence-corrected chi connectivity index (χ4v) is 5.30. The largest absolute Gasteiger partial charge is 0.379 e. The Labute approximate surface area is 183 Å². The molecule has 166 valence electrons. The molecule has 1 N–H and O–H groups in total. The van der Waals surface area contributed by atoms with E-state index >= 15 is 0 Å². The number of carbonyl (C=O) groups excluding carboxylic acids is 1. The summed E-state index contributed by atoms with van der Waals surface area (Å²) >= 11 is 0. The molecule has 2 fully saturated rings. The molecule has 2 aliphatic heterocycles. The van der Waals surface area contributed by atoms with Crippen LogP contribution in [0.4, 0.5) is 5.82 Å². The Morgan fingerprint density at radius 2 is 1.74 bits per heavy atom. The smallest absolute Gasteiger partial charge is 0.244 e. The molecule has 1 aromatic heterocycles. The maximum absolute atomic E-state index is 12.7. The zero-order valence-corrected chi connectivity index (χ0v) is 18.3. The fraction of sp³-hybridized carbons (Fsp3) is 0.455. The monoisotopic (exact) mass is 444 g/mol. The zero-order valence-electron chi connectivity index (χ0n) is 17.4. The second-order valence-electron chi connectivity index (χ2n) is 7.83. The van der Waals surface area contributed by atoms with E-state index in [1.165, 1.54) is 10.5 Å². The first kappa shape index (κ1) is 21.7. The molecule has 2 saturated heterocycles. The Hall–Kier alpha value is -2.49. The minimum Gasteiger partial charge on any atom is -0.379 e. The summed E-state index contributed by atoms with van der Waals surface area (Å²) in [6, 6.07) is 13.2. The molecule has 0 saturated carbocycles. The number of hydrogen-bond donors (Lipinski definition) is 1. The van der Waals surface area contributed by atoms with Gasteiger partial charge in [0.1, 0.15) is 10.7 Å². The van der Waals surface area contributed by atoms with Gasteiger partial charge in [-0.15, -0.1) is 0 Å². The number of aromatic nitrogens is 1. The number of piperidine rings is 1. The van der Waals surface area contributed by atoms with Gasteiger partial charge in [-0.3, -0.25) is 4.79 Å². The molecule has 31 heavy (non-hydrogen) atoms. The minimum atomic E-state index is -3.54. The molecule has 1 amide bonds. The highest BCUT2D eigenvalue weighted by Crippen LogP contribution is 2.24. The maximum Gasteiger partial charge on any atom is 0.244 e. The molecule has 0 aliphatic carbocycles. The van der Waals surface area contributed by atoms with Gasteiger partial charge in [0.25, 0.3) is 0 Å². The quantitative estimate of drug-likeness (QED) is 0.728. The topological polar surface area (TPSA) is 91.8 Å². The molecule has 2 aliphatic rings. The Kier molecular flexibility index (Phi) is 6.84. The Balaban J connectivity index is 1.30. The van der Waals surface area contributed by atoms with Gasteiger partial charge in [-0.1, -0.05) is 30.3 Å². The number of hydrogen-bond acceptors (Lipinski definition) is 6. The van der Waals surface area contributed by atoms with Crippen LogP contribution >= 0.6 is 0 Å². The number of ether oxygens (including phenoxy) is 1.